The van der Waals surface area contributed by atoms with E-state index in [1.54, 1.807) is 24.3 Å². The van der Waals surface area contributed by atoms with Crippen LogP contribution in [0.4, 0.5) is 13.2 Å². The van der Waals surface area contributed by atoms with Crippen LogP contribution in [0.2, 0.25) is 0 Å². The summed E-state index contributed by atoms with van der Waals surface area (Å²) < 4.78 is 45.1. The van der Waals surface area contributed by atoms with Crippen LogP contribution >= 0.6 is 11.8 Å². The first-order valence-electron chi connectivity index (χ1n) is 8.80. The number of likely N-dealkylation sites (tertiary alicyclic amines) is 1. The van der Waals surface area contributed by atoms with Gasteiger partial charge in [-0.25, -0.2) is 0 Å². The van der Waals surface area contributed by atoms with Gasteiger partial charge in [-0.3, -0.25) is 4.98 Å². The molecule has 4 nitrogen and oxygen atoms in total. The van der Waals surface area contributed by atoms with Crippen molar-refractivity contribution in [2.24, 2.45) is 0 Å². The molecule has 3 rings (SSSR count). The highest BCUT2D eigenvalue weighted by Gasteiger charge is 2.35. The number of halogens is 3. The maximum Gasteiger partial charge on any atom is 0.417 e. The van der Waals surface area contributed by atoms with Crippen molar-refractivity contribution in [3.63, 3.8) is 0 Å². The molecule has 2 aromatic rings. The lowest BCUT2D eigenvalue weighted by Crippen LogP contribution is -2.24. The van der Waals surface area contributed by atoms with E-state index in [0.717, 1.165) is 30.3 Å². The lowest BCUT2D eigenvalue weighted by Gasteiger charge is -2.21. The molecule has 8 heteroatoms. The molecule has 1 aliphatic heterocycles. The largest absolute Gasteiger partial charge is 0.487 e. The Morgan fingerprint density at radius 3 is 2.71 bits per heavy atom. The summed E-state index contributed by atoms with van der Waals surface area (Å²) in [5, 5.41) is 9.09. The topological polar surface area (TPSA) is 45.6 Å². The second kappa shape index (κ2) is 8.87. The van der Waals surface area contributed by atoms with Crippen LogP contribution in [0.15, 0.2) is 59.9 Å². The van der Waals surface area contributed by atoms with E-state index in [0.29, 0.717) is 18.9 Å². The van der Waals surface area contributed by atoms with E-state index < -0.39 is 11.7 Å². The highest BCUT2D eigenvalue weighted by Crippen LogP contribution is 2.39. The monoisotopic (exact) mass is 410 g/mol. The molecule has 1 aromatic heterocycles. The van der Waals surface area contributed by atoms with E-state index in [-0.39, 0.29) is 16.8 Å². The molecule has 2 heterocycles. The van der Waals surface area contributed by atoms with E-state index >= 15 is 0 Å². The van der Waals surface area contributed by atoms with Crippen molar-refractivity contribution in [3.8, 4) is 5.75 Å². The zero-order chi connectivity index (χ0) is 20.1. The van der Waals surface area contributed by atoms with Gasteiger partial charge in [0.15, 0.2) is 0 Å². The highest BCUT2D eigenvalue weighted by atomic mass is 32.2. The molecular weight excluding hydrogens is 389 g/mol. The molecule has 28 heavy (non-hydrogen) atoms. The van der Waals surface area contributed by atoms with Crippen molar-refractivity contribution in [2.75, 3.05) is 19.7 Å². The Hall–Kier alpha value is -2.19. The molecule has 0 bridgehead atoms. The number of aromatic nitrogens is 1. The Morgan fingerprint density at radius 1 is 1.29 bits per heavy atom. The van der Waals surface area contributed by atoms with Crippen LogP contribution in [-0.4, -0.2) is 39.9 Å². The van der Waals surface area contributed by atoms with E-state index in [1.807, 2.05) is 4.90 Å². The van der Waals surface area contributed by atoms with Crippen LogP contribution in [0.3, 0.4) is 0 Å². The van der Waals surface area contributed by atoms with Crippen molar-refractivity contribution < 1.29 is 23.0 Å². The molecule has 150 valence electrons. The number of thioether (sulfide) groups is 1. The third-order valence-electron chi connectivity index (χ3n) is 4.49. The number of nitrogens with zero attached hydrogens (tertiary/aromatic N) is 2. The van der Waals surface area contributed by atoms with Crippen LogP contribution in [0.5, 0.6) is 5.75 Å². The standard InChI is InChI=1S/C20H21F3N2O2S/c1-14(13-27-16-4-2-15(12-26)3-5-16)25-9-7-17(11-25)28-19-10-24-8-6-18(19)20(21,22)23/h2-6,8,10,17,26H,1,7,9,11-13H2. The summed E-state index contributed by atoms with van der Waals surface area (Å²) in [6.45, 7) is 5.66. The van der Waals surface area contributed by atoms with E-state index in [9.17, 15) is 13.2 Å². The number of ether oxygens (including phenoxy) is 1. The molecular formula is C20H21F3N2O2S. The van der Waals surface area contributed by atoms with Crippen molar-refractivity contribution in [1.29, 1.82) is 0 Å². The van der Waals surface area contributed by atoms with Crippen LogP contribution in [0.1, 0.15) is 17.5 Å². The van der Waals surface area contributed by atoms with Gasteiger partial charge in [-0.2, -0.15) is 13.2 Å². The van der Waals surface area contributed by atoms with Gasteiger partial charge in [-0.15, -0.1) is 11.8 Å². The average Bonchev–Trinajstić information content (AvgIpc) is 3.14. The quantitative estimate of drug-likeness (QED) is 0.735. The van der Waals surface area contributed by atoms with Gasteiger partial charge in [-0.05, 0) is 30.2 Å². The molecule has 0 saturated carbocycles. The zero-order valence-corrected chi connectivity index (χ0v) is 16.0. The lowest BCUT2D eigenvalue weighted by molar-refractivity contribution is -0.139. The first-order chi connectivity index (χ1) is 13.4. The molecule has 1 atom stereocenters. The fourth-order valence-electron chi connectivity index (χ4n) is 2.95. The van der Waals surface area contributed by atoms with Crippen LogP contribution < -0.4 is 4.74 Å². The summed E-state index contributed by atoms with van der Waals surface area (Å²) in [6.07, 6.45) is -1.17. The number of benzene rings is 1. The minimum atomic E-state index is -4.38. The van der Waals surface area contributed by atoms with Gasteiger partial charge in [0.25, 0.3) is 0 Å². The molecule has 0 aliphatic carbocycles. The zero-order valence-electron chi connectivity index (χ0n) is 15.2. The second-order valence-electron chi connectivity index (χ2n) is 6.50. The Labute approximate surface area is 166 Å². The molecule has 0 spiro atoms. The number of alkyl halides is 3. The van der Waals surface area contributed by atoms with Gasteiger partial charge < -0.3 is 14.7 Å². The minimum Gasteiger partial charge on any atom is -0.487 e. The fourth-order valence-corrected chi connectivity index (χ4v) is 4.22. The van der Waals surface area contributed by atoms with E-state index in [2.05, 4.69) is 11.6 Å². The molecule has 0 radical (unpaired) electrons. The summed E-state index contributed by atoms with van der Waals surface area (Å²) in [7, 11) is 0. The summed E-state index contributed by atoms with van der Waals surface area (Å²) in [4.78, 5) is 6.05. The average molecular weight is 410 g/mol. The molecule has 1 N–H and O–H groups in total. The van der Waals surface area contributed by atoms with Gasteiger partial charge in [0.2, 0.25) is 0 Å². The van der Waals surface area contributed by atoms with Gasteiger partial charge >= 0.3 is 6.18 Å². The number of hydrogen-bond acceptors (Lipinski definition) is 5. The predicted octanol–water partition coefficient (Wildman–Crippen LogP) is 4.35. The van der Waals surface area contributed by atoms with E-state index in [1.165, 1.54) is 24.2 Å². The predicted molar refractivity (Wildman–Crippen MR) is 102 cm³/mol. The number of aliphatic hydroxyl groups is 1. The highest BCUT2D eigenvalue weighted by molar-refractivity contribution is 8.00. The first-order valence-corrected chi connectivity index (χ1v) is 9.68. The molecule has 0 amide bonds. The summed E-state index contributed by atoms with van der Waals surface area (Å²) >= 11 is 1.21. The SMILES string of the molecule is C=C(COc1ccc(CO)cc1)N1CCC(Sc2cnccc2C(F)(F)F)C1. The van der Waals surface area contributed by atoms with Gasteiger partial charge in [0, 0.05) is 41.3 Å². The summed E-state index contributed by atoms with van der Waals surface area (Å²) in [5.74, 6) is 0.675. The van der Waals surface area contributed by atoms with E-state index in [4.69, 9.17) is 9.84 Å². The summed E-state index contributed by atoms with van der Waals surface area (Å²) in [5.41, 5.74) is 0.954. The summed E-state index contributed by atoms with van der Waals surface area (Å²) in [6, 6.07) is 8.15. The Kier molecular flexibility index (Phi) is 6.51. The maximum atomic E-state index is 13.1. The van der Waals surface area contributed by atoms with Gasteiger partial charge in [-0.1, -0.05) is 18.7 Å². The number of pyridine rings is 1. The smallest absolute Gasteiger partial charge is 0.417 e. The lowest BCUT2D eigenvalue weighted by atomic mass is 10.2. The normalized spacial score (nSPS) is 17.0. The van der Waals surface area contributed by atoms with Crippen molar-refractivity contribution in [3.05, 3.63) is 66.1 Å². The fraction of sp³-hybridized carbons (Fsp3) is 0.350. The second-order valence-corrected chi connectivity index (χ2v) is 7.84. The Balaban J connectivity index is 1.53. The third-order valence-corrected chi connectivity index (χ3v) is 5.78. The number of hydrogen-bond donors (Lipinski definition) is 1. The van der Waals surface area contributed by atoms with Gasteiger partial charge in [0.05, 0.1) is 12.2 Å². The third kappa shape index (κ3) is 5.20. The van der Waals surface area contributed by atoms with Crippen LogP contribution in [0, 0.1) is 0 Å². The minimum absolute atomic E-state index is 0.0210. The molecule has 1 fully saturated rings. The van der Waals surface area contributed by atoms with Gasteiger partial charge in [0.1, 0.15) is 12.4 Å². The first kappa shape index (κ1) is 20.5. The maximum absolute atomic E-state index is 13.1. The van der Waals surface area contributed by atoms with Crippen molar-refractivity contribution in [1.82, 2.24) is 9.88 Å². The number of rotatable bonds is 7. The number of aliphatic hydroxyl groups excluding tert-OH is 1. The molecule has 1 aromatic carbocycles. The molecule has 1 unspecified atom stereocenters. The van der Waals surface area contributed by atoms with Crippen molar-refractivity contribution in [2.45, 2.75) is 29.3 Å². The Morgan fingerprint density at radius 2 is 2.04 bits per heavy atom. The van der Waals surface area contributed by atoms with Crippen molar-refractivity contribution >= 4 is 11.8 Å². The van der Waals surface area contributed by atoms with Crippen LogP contribution in [-0.2, 0) is 12.8 Å². The molecule has 1 saturated heterocycles. The molecule has 1 aliphatic rings. The Bertz CT molecular complexity index is 812. The van der Waals surface area contributed by atoms with Crippen LogP contribution in [0.25, 0.3) is 0 Å².